The van der Waals surface area contributed by atoms with Crippen LogP contribution in [0.4, 0.5) is 0 Å². The van der Waals surface area contributed by atoms with Crippen LogP contribution >= 0.6 is 0 Å². The van der Waals surface area contributed by atoms with Crippen LogP contribution in [0.25, 0.3) is 0 Å². The zero-order valence-corrected chi connectivity index (χ0v) is 15.2. The number of hydrogen-bond acceptors (Lipinski definition) is 3. The van der Waals surface area contributed by atoms with Crippen molar-refractivity contribution in [3.05, 3.63) is 0 Å². The lowest BCUT2D eigenvalue weighted by Gasteiger charge is -2.09. The Kier molecular flexibility index (Phi) is 29.5. The first-order valence-corrected chi connectivity index (χ1v) is 8.34. The summed E-state index contributed by atoms with van der Waals surface area (Å²) in [4.78, 5) is 11.1. The van der Waals surface area contributed by atoms with E-state index in [0.717, 1.165) is 19.3 Å². The van der Waals surface area contributed by atoms with Gasteiger partial charge in [-0.25, -0.2) is 0 Å². The minimum atomic E-state index is -0.112. The van der Waals surface area contributed by atoms with Crippen molar-refractivity contribution in [2.24, 2.45) is 0 Å². The summed E-state index contributed by atoms with van der Waals surface area (Å²) >= 11 is 0. The van der Waals surface area contributed by atoms with Crippen molar-refractivity contribution in [1.82, 2.24) is 5.32 Å². The van der Waals surface area contributed by atoms with Gasteiger partial charge in [-0.05, 0) is 13.3 Å². The lowest BCUT2D eigenvalue weighted by molar-refractivity contribution is -0.122. The van der Waals surface area contributed by atoms with Gasteiger partial charge >= 0.3 is 0 Å². The van der Waals surface area contributed by atoms with Crippen molar-refractivity contribution >= 4 is 5.91 Å². The van der Waals surface area contributed by atoms with E-state index in [2.05, 4.69) is 30.8 Å². The maximum Gasteiger partial charge on any atom is 0.220 e. The molecule has 0 radical (unpaired) electrons. The molecule has 0 saturated heterocycles. The maximum atomic E-state index is 11.1. The molecule has 130 valence electrons. The van der Waals surface area contributed by atoms with Crippen molar-refractivity contribution in [1.29, 1.82) is 0 Å². The van der Waals surface area contributed by atoms with Crippen LogP contribution in [0.1, 0.15) is 79.1 Å². The molecule has 0 fully saturated rings. The van der Waals surface area contributed by atoms with E-state index >= 15 is 0 Å². The van der Waals surface area contributed by atoms with E-state index in [1.165, 1.54) is 25.7 Å². The molecule has 0 aromatic heterocycles. The van der Waals surface area contributed by atoms with E-state index in [1.54, 1.807) is 21.1 Å². The summed E-state index contributed by atoms with van der Waals surface area (Å²) in [7, 11) is 3.25. The maximum absolute atomic E-state index is 11.1. The predicted octanol–water partition coefficient (Wildman–Crippen LogP) is 3.91. The first kappa shape index (κ1) is 25.3. The fourth-order valence-corrected chi connectivity index (χ4v) is 1.43. The standard InChI is InChI=1S/C9H19NO2.C6H14.C2H6O/c1-3-4-5-6-9(12)10-8(2)7-11;1-3-5-6-4-2;1-3-2/h8,11H,3-7H2,1-2H3,(H,10,12);3-6H2,1-2H3;1-2H3/t8-;;/m0../s1. The fourth-order valence-electron chi connectivity index (χ4n) is 1.43. The summed E-state index contributed by atoms with van der Waals surface area (Å²) in [6.45, 7) is 8.37. The van der Waals surface area contributed by atoms with Crippen molar-refractivity contribution in [2.45, 2.75) is 85.1 Å². The molecule has 0 aliphatic heterocycles. The van der Waals surface area contributed by atoms with Gasteiger partial charge in [-0.15, -0.1) is 0 Å². The Balaban J connectivity index is -0.000000300. The highest BCUT2D eigenvalue weighted by Crippen LogP contribution is 1.98. The van der Waals surface area contributed by atoms with Crippen LogP contribution in [0.2, 0.25) is 0 Å². The molecule has 0 saturated carbocycles. The monoisotopic (exact) mass is 305 g/mol. The van der Waals surface area contributed by atoms with E-state index in [0.29, 0.717) is 6.42 Å². The number of carbonyl (C=O) groups excluding carboxylic acids is 1. The number of ether oxygens (including phenoxy) is 1. The molecule has 0 aromatic carbocycles. The third kappa shape index (κ3) is 32.7. The number of unbranched alkanes of at least 4 members (excludes halogenated alkanes) is 5. The van der Waals surface area contributed by atoms with Crippen LogP contribution in [0.5, 0.6) is 0 Å². The second-order valence-corrected chi connectivity index (χ2v) is 5.22. The van der Waals surface area contributed by atoms with Gasteiger partial charge in [-0.1, -0.05) is 59.3 Å². The summed E-state index contributed by atoms with van der Waals surface area (Å²) in [6, 6.07) is -0.112. The Bertz CT molecular complexity index is 183. The number of carbonyl (C=O) groups is 1. The highest BCUT2D eigenvalue weighted by Gasteiger charge is 2.04. The van der Waals surface area contributed by atoms with Crippen LogP contribution in [0.15, 0.2) is 0 Å². The Hall–Kier alpha value is -0.610. The van der Waals surface area contributed by atoms with Crippen molar-refractivity contribution < 1.29 is 14.6 Å². The molecular weight excluding hydrogens is 266 g/mol. The van der Waals surface area contributed by atoms with Gasteiger partial charge in [0.05, 0.1) is 6.61 Å². The predicted molar refractivity (Wildman–Crippen MR) is 91.6 cm³/mol. The average Bonchev–Trinajstić information content (AvgIpc) is 2.46. The Morgan fingerprint density at radius 3 is 1.71 bits per heavy atom. The molecule has 0 unspecified atom stereocenters. The van der Waals surface area contributed by atoms with Crippen molar-refractivity contribution in [3.63, 3.8) is 0 Å². The molecule has 1 amide bonds. The SMILES string of the molecule is CCCCCC.CCCCCC(=O)N[C@@H](C)CO.COC. The molecule has 21 heavy (non-hydrogen) atoms. The quantitative estimate of drug-likeness (QED) is 0.635. The Labute approximate surface area is 132 Å². The number of aliphatic hydroxyl groups excluding tert-OH is 1. The zero-order valence-electron chi connectivity index (χ0n) is 15.2. The van der Waals surface area contributed by atoms with Crippen LogP contribution in [0, 0.1) is 0 Å². The van der Waals surface area contributed by atoms with Crippen molar-refractivity contribution in [2.75, 3.05) is 20.8 Å². The zero-order chi connectivity index (χ0) is 16.9. The molecule has 0 aliphatic rings. The Morgan fingerprint density at radius 2 is 1.38 bits per heavy atom. The molecule has 0 aromatic rings. The highest BCUT2D eigenvalue weighted by atomic mass is 16.4. The largest absolute Gasteiger partial charge is 0.394 e. The summed E-state index contributed by atoms with van der Waals surface area (Å²) in [5, 5.41) is 11.3. The molecule has 0 spiro atoms. The number of amides is 1. The summed E-state index contributed by atoms with van der Waals surface area (Å²) in [5.41, 5.74) is 0. The molecule has 1 atom stereocenters. The van der Waals surface area contributed by atoms with Gasteiger partial charge in [0.15, 0.2) is 0 Å². The van der Waals surface area contributed by atoms with E-state index < -0.39 is 0 Å². The minimum Gasteiger partial charge on any atom is -0.394 e. The van der Waals surface area contributed by atoms with E-state index in [9.17, 15) is 4.79 Å². The van der Waals surface area contributed by atoms with Crippen LogP contribution < -0.4 is 5.32 Å². The van der Waals surface area contributed by atoms with Gasteiger partial charge in [-0.2, -0.15) is 0 Å². The van der Waals surface area contributed by atoms with E-state index in [1.807, 2.05) is 0 Å². The number of methoxy groups -OCH3 is 1. The molecule has 0 rings (SSSR count). The first-order chi connectivity index (χ1) is 10.0. The molecule has 0 aliphatic carbocycles. The van der Waals surface area contributed by atoms with Gasteiger partial charge in [0.2, 0.25) is 5.91 Å². The van der Waals surface area contributed by atoms with Crippen LogP contribution in [0.3, 0.4) is 0 Å². The third-order valence-electron chi connectivity index (χ3n) is 2.65. The average molecular weight is 306 g/mol. The van der Waals surface area contributed by atoms with Crippen LogP contribution in [-0.4, -0.2) is 37.9 Å². The fraction of sp³-hybridized carbons (Fsp3) is 0.941. The third-order valence-corrected chi connectivity index (χ3v) is 2.65. The number of nitrogens with one attached hydrogen (secondary N) is 1. The molecule has 4 nitrogen and oxygen atoms in total. The van der Waals surface area contributed by atoms with E-state index in [4.69, 9.17) is 5.11 Å². The molecule has 0 bridgehead atoms. The summed E-state index contributed by atoms with van der Waals surface area (Å²) in [6.07, 6.45) is 9.29. The van der Waals surface area contributed by atoms with Gasteiger partial charge in [-0.3, -0.25) is 4.79 Å². The minimum absolute atomic E-state index is 0.0134. The van der Waals surface area contributed by atoms with Gasteiger partial charge in [0.1, 0.15) is 0 Å². The van der Waals surface area contributed by atoms with Crippen LogP contribution in [-0.2, 0) is 9.53 Å². The second kappa shape index (κ2) is 24.4. The lowest BCUT2D eigenvalue weighted by atomic mass is 10.2. The second-order valence-electron chi connectivity index (χ2n) is 5.22. The van der Waals surface area contributed by atoms with E-state index in [-0.39, 0.29) is 18.6 Å². The van der Waals surface area contributed by atoms with Gasteiger partial charge < -0.3 is 15.2 Å². The molecular formula is C17H39NO3. The highest BCUT2D eigenvalue weighted by molar-refractivity contribution is 5.76. The van der Waals surface area contributed by atoms with Crippen molar-refractivity contribution in [3.8, 4) is 0 Å². The summed E-state index contributed by atoms with van der Waals surface area (Å²) < 4.78 is 4.25. The number of hydrogen-bond donors (Lipinski definition) is 2. The molecule has 4 heteroatoms. The van der Waals surface area contributed by atoms with Gasteiger partial charge in [0.25, 0.3) is 0 Å². The Morgan fingerprint density at radius 1 is 1.00 bits per heavy atom. The smallest absolute Gasteiger partial charge is 0.220 e. The molecule has 0 heterocycles. The topological polar surface area (TPSA) is 58.6 Å². The van der Waals surface area contributed by atoms with Gasteiger partial charge in [0, 0.05) is 26.7 Å². The normalized spacial score (nSPS) is 10.6. The number of rotatable bonds is 9. The number of aliphatic hydroxyl groups is 1. The first-order valence-electron chi connectivity index (χ1n) is 8.34. The molecule has 2 N–H and O–H groups in total. The summed E-state index contributed by atoms with van der Waals surface area (Å²) in [5.74, 6) is 0.0463. The lowest BCUT2D eigenvalue weighted by Crippen LogP contribution is -2.34.